The molecule has 3 heteroatoms. The molecule has 1 aliphatic carbocycles. The van der Waals surface area contributed by atoms with E-state index in [0.717, 1.165) is 21.9 Å². The van der Waals surface area contributed by atoms with Crippen LogP contribution in [0.1, 0.15) is 21.5 Å². The van der Waals surface area contributed by atoms with Gasteiger partial charge in [0.15, 0.2) is 5.78 Å². The van der Waals surface area contributed by atoms with Crippen molar-refractivity contribution >= 4 is 22.2 Å². The average Bonchev–Trinajstić information content (AvgIpc) is 2.54. The normalized spacial score (nSPS) is 12.0. The van der Waals surface area contributed by atoms with E-state index in [0.29, 0.717) is 22.4 Å². The van der Waals surface area contributed by atoms with Crippen LogP contribution in [0.3, 0.4) is 0 Å². The number of ketones is 1. The minimum atomic E-state index is 0.00723. The number of nitrogens with zero attached hydrogens (tertiary/aromatic N) is 1. The van der Waals surface area contributed by atoms with Crippen molar-refractivity contribution in [3.63, 3.8) is 0 Å². The summed E-state index contributed by atoms with van der Waals surface area (Å²) >= 11 is 0. The van der Waals surface area contributed by atoms with Gasteiger partial charge in [-0.25, -0.2) is 0 Å². The zero-order valence-electron chi connectivity index (χ0n) is 11.1. The Hall–Kier alpha value is -3.12. The highest BCUT2D eigenvalue weighted by atomic mass is 16.1. The van der Waals surface area contributed by atoms with E-state index in [4.69, 9.17) is 5.73 Å². The van der Waals surface area contributed by atoms with E-state index in [1.807, 2.05) is 42.5 Å². The second kappa shape index (κ2) is 3.94. The van der Waals surface area contributed by atoms with Gasteiger partial charge >= 0.3 is 0 Å². The molecule has 4 rings (SSSR count). The van der Waals surface area contributed by atoms with E-state index in [1.165, 1.54) is 0 Å². The first-order valence-electron chi connectivity index (χ1n) is 6.62. The molecule has 0 aromatic heterocycles. The molecule has 0 unspecified atom stereocenters. The molecule has 0 amide bonds. The summed E-state index contributed by atoms with van der Waals surface area (Å²) in [5.41, 5.74) is 10.0. The Labute approximate surface area is 121 Å². The lowest BCUT2D eigenvalue weighted by Gasteiger charge is -2.21. The summed E-state index contributed by atoms with van der Waals surface area (Å²) in [7, 11) is 0. The molecule has 0 saturated heterocycles. The van der Waals surface area contributed by atoms with E-state index >= 15 is 0 Å². The molecule has 0 spiro atoms. The van der Waals surface area contributed by atoms with Crippen LogP contribution in [0.5, 0.6) is 0 Å². The molecular formula is C18H10N2O. The van der Waals surface area contributed by atoms with Crippen molar-refractivity contribution in [1.82, 2.24) is 0 Å². The molecule has 98 valence electrons. The Morgan fingerprint density at radius 1 is 0.905 bits per heavy atom. The minimum absolute atomic E-state index is 0.00723. The zero-order chi connectivity index (χ0) is 14.6. The number of anilines is 1. The van der Waals surface area contributed by atoms with Gasteiger partial charge in [0.25, 0.3) is 0 Å². The maximum absolute atomic E-state index is 12.7. The number of carbonyl (C=O) groups excluding carboxylic acids is 1. The third kappa shape index (κ3) is 1.39. The molecule has 3 aromatic rings. The first-order valence-corrected chi connectivity index (χ1v) is 6.62. The van der Waals surface area contributed by atoms with E-state index in [-0.39, 0.29) is 5.78 Å². The van der Waals surface area contributed by atoms with Crippen molar-refractivity contribution in [2.24, 2.45) is 0 Å². The molecule has 1 aliphatic rings. The first kappa shape index (κ1) is 11.7. The van der Waals surface area contributed by atoms with E-state index in [2.05, 4.69) is 6.07 Å². The third-order valence-corrected chi connectivity index (χ3v) is 4.03. The summed E-state index contributed by atoms with van der Waals surface area (Å²) in [6.45, 7) is 0. The van der Waals surface area contributed by atoms with Crippen LogP contribution in [-0.2, 0) is 0 Å². The van der Waals surface area contributed by atoms with Crippen molar-refractivity contribution in [2.45, 2.75) is 0 Å². The van der Waals surface area contributed by atoms with Gasteiger partial charge in [-0.2, -0.15) is 5.26 Å². The lowest BCUT2D eigenvalue weighted by Crippen LogP contribution is -2.10. The molecule has 2 N–H and O–H groups in total. The van der Waals surface area contributed by atoms with Crippen molar-refractivity contribution in [3.8, 4) is 17.2 Å². The van der Waals surface area contributed by atoms with Crippen LogP contribution >= 0.6 is 0 Å². The molecule has 0 radical (unpaired) electrons. The van der Waals surface area contributed by atoms with Gasteiger partial charge in [-0.15, -0.1) is 0 Å². The summed E-state index contributed by atoms with van der Waals surface area (Å²) in [5.74, 6) is 0.00723. The average molecular weight is 270 g/mol. The van der Waals surface area contributed by atoms with Crippen molar-refractivity contribution < 1.29 is 4.79 Å². The fraction of sp³-hybridized carbons (Fsp3) is 0. The summed E-state index contributed by atoms with van der Waals surface area (Å²) in [5, 5.41) is 10.9. The number of nitriles is 1. The Bertz CT molecular complexity index is 980. The Balaban J connectivity index is 2.30. The quantitative estimate of drug-likeness (QED) is 0.497. The van der Waals surface area contributed by atoms with Crippen molar-refractivity contribution in [3.05, 3.63) is 65.2 Å². The van der Waals surface area contributed by atoms with Crippen LogP contribution < -0.4 is 5.73 Å². The SMILES string of the molecule is N#Cc1cc2c3c(cccc3c1N)C(=O)c1ccccc1-2. The Kier molecular flexibility index (Phi) is 2.19. The topological polar surface area (TPSA) is 66.9 Å². The minimum Gasteiger partial charge on any atom is -0.397 e. The van der Waals surface area contributed by atoms with Gasteiger partial charge in [0.05, 0.1) is 11.3 Å². The predicted octanol–water partition coefficient (Wildman–Crippen LogP) is 3.51. The van der Waals surface area contributed by atoms with Gasteiger partial charge in [0.1, 0.15) is 6.07 Å². The number of hydrogen-bond donors (Lipinski definition) is 1. The molecular weight excluding hydrogens is 260 g/mol. The van der Waals surface area contributed by atoms with Gasteiger partial charge in [0, 0.05) is 21.9 Å². The second-order valence-corrected chi connectivity index (χ2v) is 5.10. The summed E-state index contributed by atoms with van der Waals surface area (Å²) in [6, 6.07) is 16.9. The van der Waals surface area contributed by atoms with Gasteiger partial charge in [-0.05, 0) is 17.2 Å². The number of rotatable bonds is 0. The third-order valence-electron chi connectivity index (χ3n) is 4.03. The molecule has 0 fully saturated rings. The molecule has 3 aromatic carbocycles. The fourth-order valence-corrected chi connectivity index (χ4v) is 3.06. The van der Waals surface area contributed by atoms with Gasteiger partial charge in [-0.3, -0.25) is 4.79 Å². The smallest absolute Gasteiger partial charge is 0.194 e. The zero-order valence-corrected chi connectivity index (χ0v) is 11.1. The monoisotopic (exact) mass is 270 g/mol. The number of hydrogen-bond acceptors (Lipinski definition) is 3. The van der Waals surface area contributed by atoms with Crippen LogP contribution in [0.4, 0.5) is 5.69 Å². The number of fused-ring (bicyclic) bond motifs is 2. The highest BCUT2D eigenvalue weighted by Gasteiger charge is 2.26. The number of nitrogen functional groups attached to an aromatic ring is 1. The largest absolute Gasteiger partial charge is 0.397 e. The van der Waals surface area contributed by atoms with Crippen LogP contribution in [0.25, 0.3) is 21.9 Å². The lowest BCUT2D eigenvalue weighted by atomic mass is 9.81. The molecule has 0 atom stereocenters. The summed E-state index contributed by atoms with van der Waals surface area (Å²) in [6.07, 6.45) is 0. The van der Waals surface area contributed by atoms with E-state index < -0.39 is 0 Å². The number of benzene rings is 3. The number of carbonyl (C=O) groups is 1. The van der Waals surface area contributed by atoms with Crippen LogP contribution in [-0.4, -0.2) is 5.78 Å². The number of nitrogens with two attached hydrogens (primary N) is 1. The highest BCUT2D eigenvalue weighted by Crippen LogP contribution is 2.42. The van der Waals surface area contributed by atoms with Gasteiger partial charge in [0.2, 0.25) is 0 Å². The van der Waals surface area contributed by atoms with Crippen molar-refractivity contribution in [2.75, 3.05) is 5.73 Å². The molecule has 21 heavy (non-hydrogen) atoms. The maximum Gasteiger partial charge on any atom is 0.194 e. The molecule has 0 heterocycles. The van der Waals surface area contributed by atoms with Crippen LogP contribution in [0.15, 0.2) is 48.5 Å². The maximum atomic E-state index is 12.7. The lowest BCUT2D eigenvalue weighted by molar-refractivity contribution is 0.104. The standard InChI is InChI=1S/C18H10N2O/c19-9-10-8-15-11-4-1-2-5-12(11)18(21)14-7-3-6-13(16(14)15)17(10)20/h1-8H,20H2. The predicted molar refractivity (Wildman–Crippen MR) is 81.9 cm³/mol. The van der Waals surface area contributed by atoms with Gasteiger partial charge < -0.3 is 5.73 Å². The van der Waals surface area contributed by atoms with Crippen LogP contribution in [0, 0.1) is 11.3 Å². The molecule has 3 nitrogen and oxygen atoms in total. The second-order valence-electron chi connectivity index (χ2n) is 5.10. The highest BCUT2D eigenvalue weighted by molar-refractivity contribution is 6.27. The Morgan fingerprint density at radius 2 is 1.62 bits per heavy atom. The van der Waals surface area contributed by atoms with E-state index in [9.17, 15) is 10.1 Å². The summed E-state index contributed by atoms with van der Waals surface area (Å²) < 4.78 is 0. The van der Waals surface area contributed by atoms with Gasteiger partial charge in [-0.1, -0.05) is 42.5 Å². The first-order chi connectivity index (χ1) is 10.2. The van der Waals surface area contributed by atoms with Crippen LogP contribution in [0.2, 0.25) is 0 Å². The summed E-state index contributed by atoms with van der Waals surface area (Å²) in [4.78, 5) is 12.7. The molecule has 0 aliphatic heterocycles. The fourth-order valence-electron chi connectivity index (χ4n) is 3.06. The van der Waals surface area contributed by atoms with Crippen molar-refractivity contribution in [1.29, 1.82) is 5.26 Å². The molecule has 0 bridgehead atoms. The Morgan fingerprint density at radius 3 is 2.38 bits per heavy atom. The van der Waals surface area contributed by atoms with E-state index in [1.54, 1.807) is 6.07 Å². The molecule has 0 saturated carbocycles.